The summed E-state index contributed by atoms with van der Waals surface area (Å²) in [7, 11) is 0. The van der Waals surface area contributed by atoms with Crippen LogP contribution >= 0.6 is 0 Å². The van der Waals surface area contributed by atoms with E-state index < -0.39 is 11.8 Å². The SMILES string of the molecule is O=C(NCCc1ccccc1)C(=Cc1ccc2c(c1)OCCO2)C(=O)NCCc1ccccc1. The van der Waals surface area contributed by atoms with Crippen LogP contribution in [0.4, 0.5) is 0 Å². The fourth-order valence-corrected chi connectivity index (χ4v) is 3.67. The first kappa shape index (κ1) is 23.1. The minimum atomic E-state index is -0.414. The van der Waals surface area contributed by atoms with Gasteiger partial charge in [-0.1, -0.05) is 66.7 Å². The number of carbonyl (C=O) groups is 2. The van der Waals surface area contributed by atoms with Crippen molar-refractivity contribution in [2.45, 2.75) is 12.8 Å². The highest BCUT2D eigenvalue weighted by molar-refractivity contribution is 6.21. The molecule has 0 bridgehead atoms. The average molecular weight is 457 g/mol. The van der Waals surface area contributed by atoms with Gasteiger partial charge in [-0.2, -0.15) is 0 Å². The topological polar surface area (TPSA) is 76.7 Å². The van der Waals surface area contributed by atoms with Gasteiger partial charge in [0.1, 0.15) is 18.8 Å². The fraction of sp³-hybridized carbons (Fsp3) is 0.214. The van der Waals surface area contributed by atoms with E-state index in [1.165, 1.54) is 0 Å². The van der Waals surface area contributed by atoms with E-state index in [0.29, 0.717) is 56.2 Å². The van der Waals surface area contributed by atoms with E-state index in [0.717, 1.165) is 11.1 Å². The lowest BCUT2D eigenvalue weighted by Gasteiger charge is -2.18. The second kappa shape index (κ2) is 11.7. The molecule has 34 heavy (non-hydrogen) atoms. The lowest BCUT2D eigenvalue weighted by molar-refractivity contribution is -0.123. The van der Waals surface area contributed by atoms with E-state index >= 15 is 0 Å². The lowest BCUT2D eigenvalue weighted by atomic mass is 10.1. The first-order valence-electron chi connectivity index (χ1n) is 11.4. The number of nitrogens with one attached hydrogen (secondary N) is 2. The molecule has 174 valence electrons. The number of ether oxygens (including phenoxy) is 2. The molecule has 0 saturated heterocycles. The Bertz CT molecular complexity index is 1080. The monoisotopic (exact) mass is 456 g/mol. The molecule has 2 N–H and O–H groups in total. The molecule has 0 aliphatic carbocycles. The van der Waals surface area contributed by atoms with E-state index in [9.17, 15) is 9.59 Å². The van der Waals surface area contributed by atoms with Gasteiger partial charge in [-0.05, 0) is 47.7 Å². The van der Waals surface area contributed by atoms with Gasteiger partial charge >= 0.3 is 0 Å². The van der Waals surface area contributed by atoms with Crippen molar-refractivity contribution in [1.29, 1.82) is 0 Å². The van der Waals surface area contributed by atoms with Crippen LogP contribution in [0.3, 0.4) is 0 Å². The third-order valence-electron chi connectivity index (χ3n) is 5.45. The summed E-state index contributed by atoms with van der Waals surface area (Å²) in [4.78, 5) is 26.0. The molecule has 1 aliphatic heterocycles. The lowest BCUT2D eigenvalue weighted by Crippen LogP contribution is -2.36. The van der Waals surface area contributed by atoms with Gasteiger partial charge in [-0.15, -0.1) is 0 Å². The van der Waals surface area contributed by atoms with Crippen molar-refractivity contribution >= 4 is 17.9 Å². The number of carbonyl (C=O) groups excluding carboxylic acids is 2. The second-order valence-corrected chi connectivity index (χ2v) is 7.94. The molecule has 0 saturated carbocycles. The summed E-state index contributed by atoms with van der Waals surface area (Å²) in [5, 5.41) is 5.76. The fourth-order valence-electron chi connectivity index (χ4n) is 3.67. The zero-order valence-corrected chi connectivity index (χ0v) is 19.0. The van der Waals surface area contributed by atoms with Crippen LogP contribution in [0.25, 0.3) is 6.08 Å². The highest BCUT2D eigenvalue weighted by atomic mass is 16.6. The average Bonchev–Trinajstić information content (AvgIpc) is 2.88. The number of fused-ring (bicyclic) bond motifs is 1. The predicted octanol–water partition coefficient (Wildman–Crippen LogP) is 3.56. The maximum Gasteiger partial charge on any atom is 0.256 e. The van der Waals surface area contributed by atoms with Crippen molar-refractivity contribution in [3.63, 3.8) is 0 Å². The predicted molar refractivity (Wildman–Crippen MR) is 132 cm³/mol. The van der Waals surface area contributed by atoms with Gasteiger partial charge in [-0.3, -0.25) is 9.59 Å². The Morgan fingerprint density at radius 1 is 0.706 bits per heavy atom. The molecule has 0 atom stereocenters. The Morgan fingerprint density at radius 2 is 1.24 bits per heavy atom. The number of amides is 2. The van der Waals surface area contributed by atoms with Crippen LogP contribution in [-0.4, -0.2) is 38.1 Å². The van der Waals surface area contributed by atoms with Gasteiger partial charge in [0.15, 0.2) is 11.5 Å². The smallest absolute Gasteiger partial charge is 0.256 e. The molecule has 3 aromatic rings. The minimum Gasteiger partial charge on any atom is -0.486 e. The van der Waals surface area contributed by atoms with Gasteiger partial charge in [0.25, 0.3) is 11.8 Å². The molecule has 4 rings (SSSR count). The van der Waals surface area contributed by atoms with Crippen molar-refractivity contribution in [1.82, 2.24) is 10.6 Å². The summed E-state index contributed by atoms with van der Waals surface area (Å²) in [5.74, 6) is 0.434. The highest BCUT2D eigenvalue weighted by Gasteiger charge is 2.19. The molecular weight excluding hydrogens is 428 g/mol. The molecule has 1 aliphatic rings. The normalized spacial score (nSPS) is 11.9. The van der Waals surface area contributed by atoms with E-state index in [1.807, 2.05) is 66.7 Å². The molecular formula is C28H28N2O4. The molecule has 0 fully saturated rings. The summed E-state index contributed by atoms with van der Waals surface area (Å²) in [6.07, 6.45) is 2.95. The van der Waals surface area contributed by atoms with Crippen molar-refractivity contribution in [2.24, 2.45) is 0 Å². The Balaban J connectivity index is 1.45. The Morgan fingerprint density at radius 3 is 1.79 bits per heavy atom. The van der Waals surface area contributed by atoms with E-state index in [-0.39, 0.29) is 5.57 Å². The minimum absolute atomic E-state index is 0.0535. The molecule has 6 nitrogen and oxygen atoms in total. The summed E-state index contributed by atoms with van der Waals surface area (Å²) in [5.41, 5.74) is 2.98. The Kier molecular flexibility index (Phi) is 7.95. The van der Waals surface area contributed by atoms with Crippen molar-refractivity contribution < 1.29 is 19.1 Å². The number of benzene rings is 3. The van der Waals surface area contributed by atoms with Crippen LogP contribution in [0.5, 0.6) is 11.5 Å². The van der Waals surface area contributed by atoms with Crippen molar-refractivity contribution in [3.8, 4) is 11.5 Å². The number of rotatable bonds is 9. The second-order valence-electron chi connectivity index (χ2n) is 7.94. The van der Waals surface area contributed by atoms with Gasteiger partial charge in [0.2, 0.25) is 0 Å². The molecule has 0 unspecified atom stereocenters. The maximum absolute atomic E-state index is 13.0. The number of hydrogen-bond donors (Lipinski definition) is 2. The zero-order chi connectivity index (χ0) is 23.6. The van der Waals surface area contributed by atoms with E-state index in [1.54, 1.807) is 18.2 Å². The molecule has 1 heterocycles. The van der Waals surface area contributed by atoms with Crippen LogP contribution < -0.4 is 20.1 Å². The van der Waals surface area contributed by atoms with Crippen LogP contribution in [0.15, 0.2) is 84.4 Å². The van der Waals surface area contributed by atoms with Gasteiger partial charge in [-0.25, -0.2) is 0 Å². The van der Waals surface area contributed by atoms with E-state index in [2.05, 4.69) is 10.6 Å². The van der Waals surface area contributed by atoms with Crippen molar-refractivity contribution in [2.75, 3.05) is 26.3 Å². The summed E-state index contributed by atoms with van der Waals surface area (Å²) in [6.45, 7) is 1.82. The first-order chi connectivity index (χ1) is 16.7. The molecule has 0 radical (unpaired) electrons. The van der Waals surface area contributed by atoms with Crippen LogP contribution in [0.2, 0.25) is 0 Å². The maximum atomic E-state index is 13.0. The van der Waals surface area contributed by atoms with Crippen molar-refractivity contribution in [3.05, 3.63) is 101 Å². The quantitative estimate of drug-likeness (QED) is 0.293. The third kappa shape index (κ3) is 6.48. The van der Waals surface area contributed by atoms with E-state index in [4.69, 9.17) is 9.47 Å². The molecule has 0 aromatic heterocycles. The van der Waals surface area contributed by atoms with Gasteiger partial charge in [0, 0.05) is 13.1 Å². The summed E-state index contributed by atoms with van der Waals surface area (Å²) in [6, 6.07) is 25.2. The summed E-state index contributed by atoms with van der Waals surface area (Å²) < 4.78 is 11.2. The zero-order valence-electron chi connectivity index (χ0n) is 19.0. The standard InChI is InChI=1S/C28H28N2O4/c31-27(29-15-13-21-7-3-1-4-8-21)24(28(32)30-16-14-22-9-5-2-6-10-22)19-23-11-12-25-26(20-23)34-18-17-33-25/h1-12,19-20H,13-18H2,(H,29,31)(H,30,32). The summed E-state index contributed by atoms with van der Waals surface area (Å²) >= 11 is 0. The molecule has 3 aromatic carbocycles. The molecule has 0 spiro atoms. The first-order valence-corrected chi connectivity index (χ1v) is 11.4. The van der Waals surface area contributed by atoms with Crippen LogP contribution in [-0.2, 0) is 22.4 Å². The van der Waals surface area contributed by atoms with Crippen LogP contribution in [0.1, 0.15) is 16.7 Å². The number of hydrogen-bond acceptors (Lipinski definition) is 4. The largest absolute Gasteiger partial charge is 0.486 e. The van der Waals surface area contributed by atoms with Crippen LogP contribution in [0, 0.1) is 0 Å². The highest BCUT2D eigenvalue weighted by Crippen LogP contribution is 2.31. The Labute approximate surface area is 199 Å². The van der Waals surface area contributed by atoms with Gasteiger partial charge in [0.05, 0.1) is 0 Å². The Hall–Kier alpha value is -4.06. The molecule has 6 heteroatoms. The van der Waals surface area contributed by atoms with Gasteiger partial charge < -0.3 is 20.1 Å². The third-order valence-corrected chi connectivity index (χ3v) is 5.45. The molecule has 2 amide bonds.